The van der Waals surface area contributed by atoms with Crippen LogP contribution in [0.25, 0.3) is 11.1 Å². The van der Waals surface area contributed by atoms with E-state index in [0.717, 1.165) is 16.8 Å². The predicted molar refractivity (Wildman–Crippen MR) is 105 cm³/mol. The summed E-state index contributed by atoms with van der Waals surface area (Å²) < 4.78 is 0. The predicted octanol–water partition coefficient (Wildman–Crippen LogP) is 5.52. The van der Waals surface area contributed by atoms with E-state index in [2.05, 4.69) is 41.7 Å². The van der Waals surface area contributed by atoms with Crippen molar-refractivity contribution in [1.29, 1.82) is 0 Å². The number of nitrogens with zero attached hydrogens (tertiary/aromatic N) is 1. The lowest BCUT2D eigenvalue weighted by Crippen LogP contribution is -2.23. The molecule has 3 aromatic carbocycles. The van der Waals surface area contributed by atoms with Crippen LogP contribution < -0.4 is 5.32 Å². The van der Waals surface area contributed by atoms with E-state index in [-0.39, 0.29) is 6.17 Å². The molecule has 0 radical (unpaired) electrons. The van der Waals surface area contributed by atoms with E-state index in [4.69, 9.17) is 16.6 Å². The fraction of sp³-hybridized carbons (Fsp3) is 0.0455. The van der Waals surface area contributed by atoms with Crippen LogP contribution in [-0.4, -0.2) is 5.71 Å². The molecule has 0 saturated heterocycles. The van der Waals surface area contributed by atoms with Gasteiger partial charge in [0.05, 0.1) is 5.71 Å². The molecule has 122 valence electrons. The van der Waals surface area contributed by atoms with Gasteiger partial charge in [-0.2, -0.15) is 0 Å². The fourth-order valence-electron chi connectivity index (χ4n) is 2.92. The highest BCUT2D eigenvalue weighted by atomic mass is 35.5. The largest absolute Gasteiger partial charge is 0.351 e. The van der Waals surface area contributed by atoms with Gasteiger partial charge in [0, 0.05) is 0 Å². The molecule has 1 aliphatic heterocycles. The maximum atomic E-state index is 6.30. The zero-order valence-corrected chi connectivity index (χ0v) is 14.3. The van der Waals surface area contributed by atoms with Crippen molar-refractivity contribution < 1.29 is 0 Å². The van der Waals surface area contributed by atoms with E-state index in [9.17, 15) is 0 Å². The summed E-state index contributed by atoms with van der Waals surface area (Å²) in [7, 11) is 0. The number of halogens is 1. The smallest absolute Gasteiger partial charge is 0.146 e. The molecular formula is C22H17ClN2. The van der Waals surface area contributed by atoms with Crippen LogP contribution in [0.15, 0.2) is 101 Å². The third-order valence-electron chi connectivity index (χ3n) is 4.21. The molecule has 1 aliphatic rings. The standard InChI is InChI=1S/C22H17ClN2/c23-21-15-20(24-22(25-21)19-9-5-2-6-10-19)18-13-11-17(12-14-18)16-7-3-1-4-8-16/h1-15,22,25H. The monoisotopic (exact) mass is 344 g/mol. The van der Waals surface area contributed by atoms with Crippen molar-refractivity contribution in [2.24, 2.45) is 4.99 Å². The minimum atomic E-state index is -0.164. The molecule has 0 aromatic heterocycles. The van der Waals surface area contributed by atoms with E-state index >= 15 is 0 Å². The van der Waals surface area contributed by atoms with Crippen LogP contribution in [0.1, 0.15) is 17.3 Å². The molecule has 1 heterocycles. The average molecular weight is 345 g/mol. The number of nitrogens with one attached hydrogen (secondary N) is 1. The minimum absolute atomic E-state index is 0.164. The number of hydrogen-bond donors (Lipinski definition) is 1. The molecule has 0 saturated carbocycles. The molecule has 3 heteroatoms. The molecule has 0 spiro atoms. The van der Waals surface area contributed by atoms with Crippen LogP contribution in [0.3, 0.4) is 0 Å². The van der Waals surface area contributed by atoms with Gasteiger partial charge in [-0.05, 0) is 28.3 Å². The van der Waals surface area contributed by atoms with Gasteiger partial charge in [-0.15, -0.1) is 0 Å². The van der Waals surface area contributed by atoms with Gasteiger partial charge in [0.2, 0.25) is 0 Å². The maximum absolute atomic E-state index is 6.30. The summed E-state index contributed by atoms with van der Waals surface area (Å²) in [5, 5.41) is 3.81. The lowest BCUT2D eigenvalue weighted by atomic mass is 10.0. The fourth-order valence-corrected chi connectivity index (χ4v) is 3.12. The molecule has 0 fully saturated rings. The molecule has 0 bridgehead atoms. The van der Waals surface area contributed by atoms with Crippen LogP contribution in [-0.2, 0) is 0 Å². The Kier molecular flexibility index (Phi) is 4.36. The van der Waals surface area contributed by atoms with Gasteiger partial charge in [-0.1, -0.05) is 96.5 Å². The Labute approximate surface area is 152 Å². The summed E-state index contributed by atoms with van der Waals surface area (Å²) in [6.45, 7) is 0. The lowest BCUT2D eigenvalue weighted by Gasteiger charge is -2.21. The molecule has 1 N–H and O–H groups in total. The van der Waals surface area contributed by atoms with Gasteiger partial charge in [0.25, 0.3) is 0 Å². The molecule has 0 amide bonds. The number of allylic oxidation sites excluding steroid dienone is 1. The van der Waals surface area contributed by atoms with E-state index < -0.39 is 0 Å². The van der Waals surface area contributed by atoms with Crippen molar-refractivity contribution in [3.63, 3.8) is 0 Å². The highest BCUT2D eigenvalue weighted by Crippen LogP contribution is 2.25. The average Bonchev–Trinajstić information content (AvgIpc) is 2.69. The van der Waals surface area contributed by atoms with E-state index in [1.807, 2.05) is 54.6 Å². The first kappa shape index (κ1) is 15.7. The quantitative estimate of drug-likeness (QED) is 0.621. The Hall–Kier alpha value is -2.84. The van der Waals surface area contributed by atoms with E-state index in [0.29, 0.717) is 5.16 Å². The van der Waals surface area contributed by atoms with Gasteiger partial charge in [-0.25, -0.2) is 0 Å². The van der Waals surface area contributed by atoms with Crippen molar-refractivity contribution in [3.8, 4) is 11.1 Å². The first-order chi connectivity index (χ1) is 12.3. The Morgan fingerprint density at radius 3 is 1.92 bits per heavy atom. The first-order valence-corrected chi connectivity index (χ1v) is 8.60. The van der Waals surface area contributed by atoms with Crippen LogP contribution in [0.4, 0.5) is 0 Å². The van der Waals surface area contributed by atoms with Crippen LogP contribution >= 0.6 is 11.6 Å². The lowest BCUT2D eigenvalue weighted by molar-refractivity contribution is 0.640. The molecule has 0 aliphatic carbocycles. The first-order valence-electron chi connectivity index (χ1n) is 8.22. The van der Waals surface area contributed by atoms with E-state index in [1.165, 1.54) is 11.1 Å². The normalized spacial score (nSPS) is 16.6. The van der Waals surface area contributed by atoms with Crippen molar-refractivity contribution in [2.45, 2.75) is 6.17 Å². The summed E-state index contributed by atoms with van der Waals surface area (Å²) in [4.78, 5) is 4.82. The number of aliphatic imine (C=N–C) groups is 1. The van der Waals surface area contributed by atoms with Crippen molar-refractivity contribution in [2.75, 3.05) is 0 Å². The van der Waals surface area contributed by atoms with Gasteiger partial charge < -0.3 is 5.32 Å². The zero-order valence-electron chi connectivity index (χ0n) is 13.6. The van der Waals surface area contributed by atoms with Gasteiger partial charge >= 0.3 is 0 Å². The van der Waals surface area contributed by atoms with Crippen LogP contribution in [0, 0.1) is 0 Å². The Balaban J connectivity index is 1.65. The molecular weight excluding hydrogens is 328 g/mol. The maximum Gasteiger partial charge on any atom is 0.146 e. The van der Waals surface area contributed by atoms with Crippen LogP contribution in [0.2, 0.25) is 0 Å². The Morgan fingerprint density at radius 1 is 0.680 bits per heavy atom. The molecule has 3 aromatic rings. The topological polar surface area (TPSA) is 24.4 Å². The second kappa shape index (κ2) is 6.96. The molecule has 2 nitrogen and oxygen atoms in total. The highest BCUT2D eigenvalue weighted by molar-refractivity contribution is 6.32. The summed E-state index contributed by atoms with van der Waals surface area (Å²) >= 11 is 6.30. The molecule has 1 unspecified atom stereocenters. The van der Waals surface area contributed by atoms with Gasteiger partial charge in [0.15, 0.2) is 0 Å². The second-order valence-corrected chi connectivity index (χ2v) is 6.31. The van der Waals surface area contributed by atoms with Gasteiger partial charge in [-0.3, -0.25) is 4.99 Å². The number of hydrogen-bond acceptors (Lipinski definition) is 2. The zero-order chi connectivity index (χ0) is 17.1. The third-order valence-corrected chi connectivity index (χ3v) is 4.43. The summed E-state index contributed by atoms with van der Waals surface area (Å²) in [5.74, 6) is 0. The van der Waals surface area contributed by atoms with E-state index in [1.54, 1.807) is 0 Å². The third kappa shape index (κ3) is 3.49. The van der Waals surface area contributed by atoms with Crippen LogP contribution in [0.5, 0.6) is 0 Å². The Morgan fingerprint density at radius 2 is 1.24 bits per heavy atom. The van der Waals surface area contributed by atoms with Crippen molar-refractivity contribution >= 4 is 17.3 Å². The summed E-state index contributed by atoms with van der Waals surface area (Å²) in [6.07, 6.45) is 1.71. The second-order valence-electron chi connectivity index (χ2n) is 5.91. The molecule has 1 atom stereocenters. The van der Waals surface area contributed by atoms with Crippen molar-refractivity contribution in [3.05, 3.63) is 107 Å². The van der Waals surface area contributed by atoms with Crippen molar-refractivity contribution in [1.82, 2.24) is 5.32 Å². The summed E-state index contributed by atoms with van der Waals surface area (Å²) in [5.41, 5.74) is 5.43. The highest BCUT2D eigenvalue weighted by Gasteiger charge is 2.17. The minimum Gasteiger partial charge on any atom is -0.351 e. The number of rotatable bonds is 3. The number of benzene rings is 3. The Bertz CT molecular complexity index is 913. The SMILES string of the molecule is ClC1=CC(c2ccc(-c3ccccc3)cc2)=NC(c2ccccc2)N1. The molecule has 25 heavy (non-hydrogen) atoms. The summed E-state index contributed by atoms with van der Waals surface area (Å²) in [6, 6.07) is 28.9. The molecule has 4 rings (SSSR count). The van der Waals surface area contributed by atoms with Gasteiger partial charge in [0.1, 0.15) is 11.3 Å².